The van der Waals surface area contributed by atoms with E-state index in [4.69, 9.17) is 5.73 Å². The number of fused-ring (bicyclic) bond motifs is 3. The molecule has 4 atom stereocenters. The zero-order chi connectivity index (χ0) is 27.0. The maximum Gasteiger partial charge on any atom is 0.248 e. The van der Waals surface area contributed by atoms with E-state index in [0.717, 1.165) is 27.8 Å². The zero-order valence-electron chi connectivity index (χ0n) is 21.4. The summed E-state index contributed by atoms with van der Waals surface area (Å²) < 4.78 is 0. The highest BCUT2D eigenvalue weighted by molar-refractivity contribution is 6.10. The van der Waals surface area contributed by atoms with Gasteiger partial charge >= 0.3 is 0 Å². The molecule has 4 unspecified atom stereocenters. The summed E-state index contributed by atoms with van der Waals surface area (Å²) in [5, 5.41) is 44.9. The second kappa shape index (κ2) is 8.46. The summed E-state index contributed by atoms with van der Waals surface area (Å²) in [6.07, 6.45) is 0.200. The predicted octanol–water partition coefficient (Wildman–Crippen LogP) is 3.07. The van der Waals surface area contributed by atoms with E-state index in [1.165, 1.54) is 6.07 Å². The molecule has 0 saturated heterocycles. The number of hydrogen-bond donors (Lipinski definition) is 5. The number of aliphatic hydroxyl groups is 3. The van der Waals surface area contributed by atoms with Gasteiger partial charge in [-0.15, -0.1) is 0 Å². The van der Waals surface area contributed by atoms with Crippen molar-refractivity contribution < 1.29 is 30.0 Å². The molecular weight excluding hydrogens is 472 g/mol. The molecule has 1 amide bonds. The Balaban J connectivity index is 1.70. The summed E-state index contributed by atoms with van der Waals surface area (Å²) in [6.45, 7) is 4.01. The molecule has 3 aliphatic carbocycles. The minimum absolute atomic E-state index is 0.0434. The first-order valence-electron chi connectivity index (χ1n) is 12.4. The minimum atomic E-state index is -2.04. The molecule has 0 radical (unpaired) electrons. The molecule has 1 fully saturated rings. The number of ketones is 1. The molecule has 8 nitrogen and oxygen atoms in total. The summed E-state index contributed by atoms with van der Waals surface area (Å²) in [5.74, 6) is -3.54. The Kier molecular flexibility index (Phi) is 5.73. The van der Waals surface area contributed by atoms with Gasteiger partial charge in [0.1, 0.15) is 22.9 Å². The first-order valence-corrected chi connectivity index (χ1v) is 12.4. The number of amides is 1. The fraction of sp³-hybridized carbons (Fsp3) is 0.379. The highest BCUT2D eigenvalue weighted by Crippen LogP contribution is 2.53. The van der Waals surface area contributed by atoms with Gasteiger partial charge in [-0.2, -0.15) is 0 Å². The Labute approximate surface area is 215 Å². The number of carbonyl (C=O) groups is 2. The van der Waals surface area contributed by atoms with Crippen LogP contribution < -0.4 is 5.73 Å². The molecule has 0 spiro atoms. The van der Waals surface area contributed by atoms with Crippen LogP contribution in [-0.4, -0.2) is 62.8 Å². The van der Waals surface area contributed by atoms with Crippen molar-refractivity contribution in [3.8, 4) is 16.9 Å². The Hall–Kier alpha value is -3.62. The number of rotatable bonds is 3. The smallest absolute Gasteiger partial charge is 0.248 e. The van der Waals surface area contributed by atoms with Crippen LogP contribution in [0.4, 0.5) is 0 Å². The Bertz CT molecular complexity index is 1400. The van der Waals surface area contributed by atoms with Gasteiger partial charge in [-0.25, -0.2) is 0 Å². The van der Waals surface area contributed by atoms with Gasteiger partial charge in [-0.1, -0.05) is 35.4 Å². The van der Waals surface area contributed by atoms with E-state index < -0.39 is 41.6 Å². The lowest BCUT2D eigenvalue weighted by molar-refractivity contribution is -0.151. The SMILES string of the molecule is Cc1cc(C)cc(-c2ccc(O)c3c2CC2CC4C(N(C)C)C(O)=C(C(N)=O)CC4(O)C(=O)C2=C3O)c1. The maximum absolute atomic E-state index is 13.9. The highest BCUT2D eigenvalue weighted by Gasteiger charge is 2.60. The third-order valence-electron chi connectivity index (χ3n) is 8.23. The van der Waals surface area contributed by atoms with Crippen LogP contribution in [0.2, 0.25) is 0 Å². The topological polar surface area (TPSA) is 144 Å². The molecule has 2 aromatic carbocycles. The van der Waals surface area contributed by atoms with E-state index in [1.54, 1.807) is 19.0 Å². The largest absolute Gasteiger partial charge is 0.510 e. The summed E-state index contributed by atoms with van der Waals surface area (Å²) in [7, 11) is 3.40. The number of aliphatic hydroxyl groups excluding tert-OH is 2. The van der Waals surface area contributed by atoms with Crippen molar-refractivity contribution in [3.05, 3.63) is 69.5 Å². The Morgan fingerprint density at radius 1 is 1.08 bits per heavy atom. The number of primary amides is 1. The second-order valence-electron chi connectivity index (χ2n) is 10.9. The Morgan fingerprint density at radius 3 is 2.32 bits per heavy atom. The van der Waals surface area contributed by atoms with Crippen molar-refractivity contribution in [1.29, 1.82) is 0 Å². The van der Waals surface area contributed by atoms with Crippen LogP contribution in [0.15, 0.2) is 47.2 Å². The number of benzene rings is 2. The molecule has 0 heterocycles. The molecule has 0 aliphatic heterocycles. The number of hydrogen-bond acceptors (Lipinski definition) is 7. The number of aromatic hydroxyl groups is 1. The van der Waals surface area contributed by atoms with Gasteiger partial charge in [0.2, 0.25) is 5.91 Å². The molecule has 0 aromatic heterocycles. The van der Waals surface area contributed by atoms with Crippen LogP contribution in [0.3, 0.4) is 0 Å². The lowest BCUT2D eigenvalue weighted by Crippen LogP contribution is -2.62. The van der Waals surface area contributed by atoms with E-state index in [2.05, 4.69) is 6.07 Å². The van der Waals surface area contributed by atoms with Crippen molar-refractivity contribution in [2.24, 2.45) is 17.6 Å². The lowest BCUT2D eigenvalue weighted by Gasteiger charge is -2.51. The van der Waals surface area contributed by atoms with Gasteiger partial charge in [0.05, 0.1) is 17.2 Å². The third kappa shape index (κ3) is 3.66. The summed E-state index contributed by atoms with van der Waals surface area (Å²) in [4.78, 5) is 27.7. The van der Waals surface area contributed by atoms with E-state index in [0.29, 0.717) is 6.42 Å². The average Bonchev–Trinajstić information content (AvgIpc) is 2.79. The van der Waals surface area contributed by atoms with Crippen LogP contribution in [0, 0.1) is 25.7 Å². The number of carbonyl (C=O) groups excluding carboxylic acids is 2. The predicted molar refractivity (Wildman–Crippen MR) is 139 cm³/mol. The van der Waals surface area contributed by atoms with Crippen LogP contribution in [0.1, 0.15) is 35.1 Å². The van der Waals surface area contributed by atoms with Gasteiger partial charge in [0.25, 0.3) is 0 Å². The normalized spacial score (nSPS) is 27.2. The van der Waals surface area contributed by atoms with Gasteiger partial charge in [-0.05, 0) is 69.5 Å². The van der Waals surface area contributed by atoms with E-state index >= 15 is 0 Å². The van der Waals surface area contributed by atoms with Crippen molar-refractivity contribution in [3.63, 3.8) is 0 Å². The number of phenolic OH excluding ortho intramolecular Hbond substituents is 1. The molecule has 6 N–H and O–H groups in total. The molecule has 2 aromatic rings. The molecule has 3 aliphatic rings. The fourth-order valence-electron chi connectivity index (χ4n) is 6.73. The van der Waals surface area contributed by atoms with E-state index in [-0.39, 0.29) is 40.4 Å². The van der Waals surface area contributed by atoms with E-state index in [9.17, 15) is 30.0 Å². The lowest BCUT2D eigenvalue weighted by atomic mass is 9.57. The molecule has 194 valence electrons. The minimum Gasteiger partial charge on any atom is -0.510 e. The number of nitrogens with two attached hydrogens (primary N) is 1. The number of phenols is 1. The first kappa shape index (κ1) is 25.0. The average molecular weight is 505 g/mol. The maximum atomic E-state index is 13.9. The third-order valence-corrected chi connectivity index (χ3v) is 8.23. The number of likely N-dealkylation sites (N-methyl/N-ethyl adjacent to an activating group) is 1. The Morgan fingerprint density at radius 2 is 1.73 bits per heavy atom. The molecule has 5 rings (SSSR count). The number of nitrogens with zero attached hydrogens (tertiary/aromatic N) is 1. The molecule has 37 heavy (non-hydrogen) atoms. The second-order valence-corrected chi connectivity index (χ2v) is 10.9. The first-order chi connectivity index (χ1) is 17.3. The monoisotopic (exact) mass is 504 g/mol. The molecular formula is C29H32N2O6. The van der Waals surface area contributed by atoms with Gasteiger partial charge in [0.15, 0.2) is 5.78 Å². The summed E-state index contributed by atoms with van der Waals surface area (Å²) in [6, 6.07) is 8.66. The van der Waals surface area contributed by atoms with Crippen molar-refractivity contribution in [2.75, 3.05) is 14.1 Å². The highest BCUT2D eigenvalue weighted by atomic mass is 16.3. The van der Waals surface area contributed by atoms with Crippen LogP contribution in [0.5, 0.6) is 5.75 Å². The van der Waals surface area contributed by atoms with Crippen LogP contribution in [-0.2, 0) is 16.0 Å². The van der Waals surface area contributed by atoms with Crippen LogP contribution in [0.25, 0.3) is 16.9 Å². The van der Waals surface area contributed by atoms with Crippen LogP contribution >= 0.6 is 0 Å². The fourth-order valence-corrected chi connectivity index (χ4v) is 6.73. The zero-order valence-corrected chi connectivity index (χ0v) is 21.4. The molecule has 8 heteroatoms. The van der Waals surface area contributed by atoms with Gasteiger partial charge < -0.3 is 26.2 Å². The van der Waals surface area contributed by atoms with Crippen molar-refractivity contribution in [1.82, 2.24) is 4.90 Å². The number of aryl methyl sites for hydroxylation is 2. The summed E-state index contributed by atoms with van der Waals surface area (Å²) in [5.41, 5.74) is 8.17. The van der Waals surface area contributed by atoms with Gasteiger partial charge in [-0.3, -0.25) is 14.5 Å². The van der Waals surface area contributed by atoms with Crippen molar-refractivity contribution >= 4 is 17.4 Å². The number of Topliss-reactive ketones (excluding diaryl/α,β-unsaturated/α-hetero) is 1. The van der Waals surface area contributed by atoms with Crippen molar-refractivity contribution in [2.45, 2.75) is 44.8 Å². The standard InChI is InChI=1S/C29H32N2O6/c1-13-7-14(2)9-15(8-13)17-5-6-21(32)23-18(17)10-16-11-20-24(31(3)4)25(33)19(28(30)36)12-29(20,37)27(35)22(16)26(23)34/h5-9,16,20,24,32-34,37H,10-12H2,1-4H3,(H2,30,36). The summed E-state index contributed by atoms with van der Waals surface area (Å²) >= 11 is 0. The molecule has 0 bridgehead atoms. The van der Waals surface area contributed by atoms with Gasteiger partial charge in [0, 0.05) is 17.9 Å². The molecule has 1 saturated carbocycles. The quantitative estimate of drug-likeness (QED) is 0.432. The van der Waals surface area contributed by atoms with E-state index in [1.807, 2.05) is 32.0 Å².